The summed E-state index contributed by atoms with van der Waals surface area (Å²) in [5.74, 6) is 0.850. The summed E-state index contributed by atoms with van der Waals surface area (Å²) < 4.78 is 5.48. The summed E-state index contributed by atoms with van der Waals surface area (Å²) in [6.07, 6.45) is 1.62. The molecule has 1 atom stereocenters. The number of hydrogen-bond acceptors (Lipinski definition) is 6. The van der Waals surface area contributed by atoms with Gasteiger partial charge < -0.3 is 20.5 Å². The molecule has 0 bridgehead atoms. The van der Waals surface area contributed by atoms with Gasteiger partial charge in [0.1, 0.15) is 0 Å². The Balaban J connectivity index is 2.35. The number of aryl methyl sites for hydroxylation is 1. The van der Waals surface area contributed by atoms with Crippen LogP contribution in [0.2, 0.25) is 0 Å². The fourth-order valence-corrected chi connectivity index (χ4v) is 2.73. The average Bonchev–Trinajstić information content (AvgIpc) is 2.53. The van der Waals surface area contributed by atoms with E-state index in [4.69, 9.17) is 10.5 Å². The molecule has 0 saturated carbocycles. The Morgan fingerprint density at radius 2 is 2.10 bits per heavy atom. The summed E-state index contributed by atoms with van der Waals surface area (Å²) in [5.41, 5.74) is 9.28. The number of morpholine rings is 1. The second-order valence-electron chi connectivity index (χ2n) is 4.96. The van der Waals surface area contributed by atoms with Crippen LogP contribution >= 0.6 is 0 Å². The molecule has 2 rings (SSSR count). The molecule has 3 N–H and O–H groups in total. The molecule has 20 heavy (non-hydrogen) atoms. The van der Waals surface area contributed by atoms with E-state index in [0.717, 1.165) is 36.5 Å². The first-order valence-corrected chi connectivity index (χ1v) is 7.29. The molecule has 1 unspecified atom stereocenters. The number of ether oxygens (including phenoxy) is 1. The molecule has 0 amide bonds. The first-order chi connectivity index (χ1) is 9.74. The Morgan fingerprint density at radius 1 is 1.30 bits per heavy atom. The fraction of sp³-hybridized carbons (Fsp3) is 0.714. The van der Waals surface area contributed by atoms with Gasteiger partial charge in [-0.3, -0.25) is 0 Å². The van der Waals surface area contributed by atoms with Gasteiger partial charge in [-0.15, -0.1) is 5.10 Å². The van der Waals surface area contributed by atoms with Gasteiger partial charge in [-0.05, 0) is 18.4 Å². The minimum atomic E-state index is -0.160. The van der Waals surface area contributed by atoms with E-state index in [1.807, 2.05) is 0 Å². The molecule has 1 aromatic rings. The van der Waals surface area contributed by atoms with E-state index in [-0.39, 0.29) is 12.7 Å². The van der Waals surface area contributed by atoms with Crippen LogP contribution in [0.15, 0.2) is 0 Å². The van der Waals surface area contributed by atoms with Crippen molar-refractivity contribution in [1.29, 1.82) is 0 Å². The lowest BCUT2D eigenvalue weighted by Gasteiger charge is -2.34. The smallest absolute Gasteiger partial charge is 0.156 e. The first-order valence-electron chi connectivity index (χ1n) is 7.29. The molecule has 1 aliphatic rings. The van der Waals surface area contributed by atoms with Crippen molar-refractivity contribution in [2.45, 2.75) is 39.3 Å². The summed E-state index contributed by atoms with van der Waals surface area (Å²) in [7, 11) is 0. The van der Waals surface area contributed by atoms with E-state index in [2.05, 4.69) is 28.9 Å². The highest BCUT2D eigenvalue weighted by Crippen LogP contribution is 2.25. The predicted octanol–water partition coefficient (Wildman–Crippen LogP) is 0.258. The zero-order valence-electron chi connectivity index (χ0n) is 12.3. The van der Waals surface area contributed by atoms with Crippen LogP contribution in [-0.4, -0.2) is 47.7 Å². The van der Waals surface area contributed by atoms with Gasteiger partial charge in [0.15, 0.2) is 5.82 Å². The van der Waals surface area contributed by atoms with Gasteiger partial charge >= 0.3 is 0 Å². The average molecular weight is 280 g/mol. The van der Waals surface area contributed by atoms with E-state index in [1.165, 1.54) is 5.56 Å². The number of aliphatic hydroxyl groups excluding tert-OH is 1. The molecule has 6 heteroatoms. The van der Waals surface area contributed by atoms with Crippen molar-refractivity contribution in [2.24, 2.45) is 5.73 Å². The molecule has 0 aliphatic carbocycles. The van der Waals surface area contributed by atoms with Crippen LogP contribution in [0.3, 0.4) is 0 Å². The lowest BCUT2D eigenvalue weighted by atomic mass is 10.0. The minimum absolute atomic E-state index is 0.0234. The normalized spacial score (nSPS) is 19.4. The van der Waals surface area contributed by atoms with Crippen LogP contribution in [0, 0.1) is 0 Å². The zero-order chi connectivity index (χ0) is 14.5. The summed E-state index contributed by atoms with van der Waals surface area (Å²) in [6, 6.07) is 0. The third kappa shape index (κ3) is 2.92. The van der Waals surface area contributed by atoms with Crippen molar-refractivity contribution >= 4 is 5.82 Å². The van der Waals surface area contributed by atoms with Gasteiger partial charge in [0.25, 0.3) is 0 Å². The minimum Gasteiger partial charge on any atom is -0.394 e. The standard InChI is InChI=1S/C14H24N4O2/c1-3-11-12(7-15)14(17-16-13(11)4-2)18-5-6-20-10(8-18)9-19/h10,19H,3-9,15H2,1-2H3. The molecule has 112 valence electrons. The number of nitrogens with zero attached hydrogens (tertiary/aromatic N) is 3. The van der Waals surface area contributed by atoms with Crippen molar-refractivity contribution in [3.8, 4) is 0 Å². The topological polar surface area (TPSA) is 84.5 Å². The Morgan fingerprint density at radius 3 is 2.70 bits per heavy atom. The number of rotatable bonds is 5. The van der Waals surface area contributed by atoms with E-state index >= 15 is 0 Å². The Bertz CT molecular complexity index is 453. The van der Waals surface area contributed by atoms with Crippen molar-refractivity contribution in [1.82, 2.24) is 10.2 Å². The second kappa shape index (κ2) is 6.97. The van der Waals surface area contributed by atoms with Gasteiger partial charge in [-0.1, -0.05) is 13.8 Å². The maximum Gasteiger partial charge on any atom is 0.156 e. The first kappa shape index (κ1) is 15.2. The number of aromatic nitrogens is 2. The third-order valence-electron chi connectivity index (χ3n) is 3.78. The molecule has 1 fully saturated rings. The van der Waals surface area contributed by atoms with Gasteiger partial charge in [-0.2, -0.15) is 5.10 Å². The Labute approximate surface area is 119 Å². The van der Waals surface area contributed by atoms with Crippen LogP contribution in [0.25, 0.3) is 0 Å². The number of hydrogen-bond donors (Lipinski definition) is 2. The number of anilines is 1. The number of aliphatic hydroxyl groups is 1. The van der Waals surface area contributed by atoms with Gasteiger partial charge in [0.05, 0.1) is 25.0 Å². The molecule has 6 nitrogen and oxygen atoms in total. The zero-order valence-corrected chi connectivity index (χ0v) is 12.3. The summed E-state index contributed by atoms with van der Waals surface area (Å²) in [4.78, 5) is 2.12. The highest BCUT2D eigenvalue weighted by Gasteiger charge is 2.24. The molecular formula is C14H24N4O2. The van der Waals surface area contributed by atoms with E-state index in [0.29, 0.717) is 19.7 Å². The predicted molar refractivity (Wildman–Crippen MR) is 77.7 cm³/mol. The third-order valence-corrected chi connectivity index (χ3v) is 3.78. The Kier molecular flexibility index (Phi) is 5.28. The van der Waals surface area contributed by atoms with Crippen LogP contribution in [-0.2, 0) is 24.1 Å². The van der Waals surface area contributed by atoms with Crippen molar-refractivity contribution in [3.05, 3.63) is 16.8 Å². The molecule has 1 aliphatic heterocycles. The highest BCUT2D eigenvalue weighted by molar-refractivity contribution is 5.51. The van der Waals surface area contributed by atoms with E-state index < -0.39 is 0 Å². The maximum absolute atomic E-state index is 9.25. The van der Waals surface area contributed by atoms with Gasteiger partial charge in [-0.25, -0.2) is 0 Å². The molecule has 1 saturated heterocycles. The molecule has 2 heterocycles. The monoisotopic (exact) mass is 280 g/mol. The van der Waals surface area contributed by atoms with Crippen LogP contribution < -0.4 is 10.6 Å². The van der Waals surface area contributed by atoms with E-state index in [1.54, 1.807) is 0 Å². The lowest BCUT2D eigenvalue weighted by Crippen LogP contribution is -2.45. The molecule has 0 spiro atoms. The fourth-order valence-electron chi connectivity index (χ4n) is 2.73. The Hall–Kier alpha value is -1.24. The van der Waals surface area contributed by atoms with Crippen LogP contribution in [0.4, 0.5) is 5.82 Å². The second-order valence-corrected chi connectivity index (χ2v) is 4.96. The van der Waals surface area contributed by atoms with Crippen molar-refractivity contribution in [3.63, 3.8) is 0 Å². The van der Waals surface area contributed by atoms with Crippen molar-refractivity contribution < 1.29 is 9.84 Å². The quantitative estimate of drug-likeness (QED) is 0.805. The number of nitrogens with two attached hydrogens (primary N) is 1. The maximum atomic E-state index is 9.25. The largest absolute Gasteiger partial charge is 0.394 e. The molecular weight excluding hydrogens is 256 g/mol. The van der Waals surface area contributed by atoms with Gasteiger partial charge in [0, 0.05) is 25.2 Å². The van der Waals surface area contributed by atoms with E-state index in [9.17, 15) is 5.11 Å². The lowest BCUT2D eigenvalue weighted by molar-refractivity contribution is 0.00327. The van der Waals surface area contributed by atoms with Crippen LogP contribution in [0.5, 0.6) is 0 Å². The molecule has 0 aromatic carbocycles. The highest BCUT2D eigenvalue weighted by atomic mass is 16.5. The van der Waals surface area contributed by atoms with Crippen LogP contribution in [0.1, 0.15) is 30.7 Å². The summed E-state index contributed by atoms with van der Waals surface area (Å²) in [6.45, 7) is 6.67. The summed E-state index contributed by atoms with van der Waals surface area (Å²) >= 11 is 0. The summed E-state index contributed by atoms with van der Waals surface area (Å²) in [5, 5.41) is 18.0. The SMILES string of the molecule is CCc1nnc(N2CCOC(CO)C2)c(CN)c1CC. The molecule has 1 aromatic heterocycles. The molecule has 0 radical (unpaired) electrons. The van der Waals surface area contributed by atoms with Crippen molar-refractivity contribution in [2.75, 3.05) is 31.2 Å². The van der Waals surface area contributed by atoms with Gasteiger partial charge in [0.2, 0.25) is 0 Å².